The molecule has 0 spiro atoms. The minimum atomic E-state index is -0.610. The van der Waals surface area contributed by atoms with E-state index in [1.165, 1.54) is 0 Å². The summed E-state index contributed by atoms with van der Waals surface area (Å²) in [5, 5.41) is 8.00. The van der Waals surface area contributed by atoms with E-state index in [4.69, 9.17) is 4.74 Å². The van der Waals surface area contributed by atoms with Gasteiger partial charge in [-0.1, -0.05) is 19.8 Å². The van der Waals surface area contributed by atoms with Crippen LogP contribution in [0.1, 0.15) is 39.5 Å². The van der Waals surface area contributed by atoms with E-state index in [0.29, 0.717) is 18.0 Å². The molecule has 0 heterocycles. The molecule has 1 atom stereocenters. The number of rotatable bonds is 8. The van der Waals surface area contributed by atoms with E-state index in [2.05, 4.69) is 16.0 Å². The smallest absolute Gasteiger partial charge is 0.321 e. The predicted molar refractivity (Wildman–Crippen MR) is 107 cm³/mol. The normalized spacial score (nSPS) is 15.1. The lowest BCUT2D eigenvalue weighted by molar-refractivity contribution is -0.126. The summed E-state index contributed by atoms with van der Waals surface area (Å²) in [6, 6.07) is 6.06. The van der Waals surface area contributed by atoms with E-state index >= 15 is 0 Å². The van der Waals surface area contributed by atoms with Crippen molar-refractivity contribution in [3.63, 3.8) is 0 Å². The molecule has 1 aliphatic rings. The largest absolute Gasteiger partial charge is 0.497 e. The van der Waals surface area contributed by atoms with Gasteiger partial charge < -0.3 is 15.4 Å². The third kappa shape index (κ3) is 6.53. The number of urea groups is 1. The average molecular weight is 390 g/mol. The molecule has 28 heavy (non-hydrogen) atoms. The van der Waals surface area contributed by atoms with Crippen LogP contribution < -0.4 is 20.7 Å². The summed E-state index contributed by atoms with van der Waals surface area (Å²) >= 11 is 0. The van der Waals surface area contributed by atoms with Crippen molar-refractivity contribution in [2.45, 2.75) is 51.6 Å². The SMILES string of the molecule is CCN(CC(=O)Nc1ccc(OC)cc1)C(C)C(=O)NC(=O)NC1CCCC1. The summed E-state index contributed by atoms with van der Waals surface area (Å²) < 4.78 is 5.09. The van der Waals surface area contributed by atoms with Crippen molar-refractivity contribution in [1.82, 2.24) is 15.5 Å². The van der Waals surface area contributed by atoms with Gasteiger partial charge >= 0.3 is 6.03 Å². The van der Waals surface area contributed by atoms with E-state index < -0.39 is 18.0 Å². The van der Waals surface area contributed by atoms with Crippen LogP contribution in [-0.2, 0) is 9.59 Å². The van der Waals surface area contributed by atoms with Crippen LogP contribution in [-0.4, -0.2) is 55.0 Å². The Morgan fingerprint density at radius 3 is 2.39 bits per heavy atom. The summed E-state index contributed by atoms with van der Waals surface area (Å²) in [6.45, 7) is 4.08. The molecule has 0 radical (unpaired) electrons. The molecule has 1 aromatic rings. The maximum absolute atomic E-state index is 12.4. The molecule has 0 bridgehead atoms. The highest BCUT2D eigenvalue weighted by Gasteiger charge is 2.25. The number of ether oxygens (including phenoxy) is 1. The van der Waals surface area contributed by atoms with Crippen LogP contribution in [0.3, 0.4) is 0 Å². The van der Waals surface area contributed by atoms with Gasteiger partial charge in [0.25, 0.3) is 0 Å². The van der Waals surface area contributed by atoms with E-state index in [1.54, 1.807) is 43.2 Å². The first-order valence-corrected chi connectivity index (χ1v) is 9.72. The number of hydrogen-bond acceptors (Lipinski definition) is 5. The van der Waals surface area contributed by atoms with Gasteiger partial charge in [-0.25, -0.2) is 4.79 Å². The average Bonchev–Trinajstić information content (AvgIpc) is 3.18. The molecular formula is C20H30N4O4. The number of carbonyl (C=O) groups is 3. The molecule has 8 heteroatoms. The quantitative estimate of drug-likeness (QED) is 0.631. The Morgan fingerprint density at radius 2 is 1.82 bits per heavy atom. The fourth-order valence-corrected chi connectivity index (χ4v) is 3.26. The highest BCUT2D eigenvalue weighted by atomic mass is 16.5. The van der Waals surface area contributed by atoms with Gasteiger partial charge in [-0.2, -0.15) is 0 Å². The summed E-state index contributed by atoms with van der Waals surface area (Å²) in [5.74, 6) is 0.0472. The standard InChI is InChI=1S/C20H30N4O4/c1-4-24(13-18(25)21-16-9-11-17(28-3)12-10-16)14(2)19(26)23-20(27)22-15-7-5-6-8-15/h9-12,14-15H,4-8,13H2,1-3H3,(H,21,25)(H2,22,23,26,27). The number of anilines is 1. The second kappa shape index (κ2) is 10.7. The fraction of sp³-hybridized carbons (Fsp3) is 0.550. The second-order valence-electron chi connectivity index (χ2n) is 6.96. The first kappa shape index (κ1) is 21.7. The maximum Gasteiger partial charge on any atom is 0.321 e. The second-order valence-corrected chi connectivity index (χ2v) is 6.96. The van der Waals surface area contributed by atoms with Crippen LogP contribution >= 0.6 is 0 Å². The molecule has 1 unspecified atom stereocenters. The van der Waals surface area contributed by atoms with E-state index in [9.17, 15) is 14.4 Å². The highest BCUT2D eigenvalue weighted by Crippen LogP contribution is 2.17. The predicted octanol–water partition coefficient (Wildman–Crippen LogP) is 2.11. The topological polar surface area (TPSA) is 99.8 Å². The van der Waals surface area contributed by atoms with Crippen LogP contribution in [0, 0.1) is 0 Å². The molecule has 0 aromatic heterocycles. The number of imide groups is 1. The minimum Gasteiger partial charge on any atom is -0.497 e. The Hall–Kier alpha value is -2.61. The van der Waals surface area contributed by atoms with Crippen molar-refractivity contribution >= 4 is 23.5 Å². The van der Waals surface area contributed by atoms with Gasteiger partial charge in [-0.3, -0.25) is 19.8 Å². The Balaban J connectivity index is 1.82. The van der Waals surface area contributed by atoms with E-state index in [1.807, 2.05) is 6.92 Å². The molecule has 0 saturated heterocycles. The zero-order valence-corrected chi connectivity index (χ0v) is 16.8. The van der Waals surface area contributed by atoms with E-state index in [-0.39, 0.29) is 18.5 Å². The van der Waals surface area contributed by atoms with Crippen molar-refractivity contribution < 1.29 is 19.1 Å². The number of likely N-dealkylation sites (N-methyl/N-ethyl adjacent to an activating group) is 1. The maximum atomic E-state index is 12.4. The Bertz CT molecular complexity index is 671. The van der Waals surface area contributed by atoms with Crippen molar-refractivity contribution in [3.8, 4) is 5.75 Å². The summed E-state index contributed by atoms with van der Waals surface area (Å²) in [5.41, 5.74) is 0.648. The molecule has 1 aromatic carbocycles. The van der Waals surface area contributed by atoms with Crippen molar-refractivity contribution in [2.75, 3.05) is 25.5 Å². The van der Waals surface area contributed by atoms with Gasteiger partial charge in [0, 0.05) is 11.7 Å². The van der Waals surface area contributed by atoms with Crippen molar-refractivity contribution in [2.24, 2.45) is 0 Å². The lowest BCUT2D eigenvalue weighted by Gasteiger charge is -2.26. The number of nitrogens with one attached hydrogen (secondary N) is 3. The molecule has 0 aliphatic heterocycles. The Morgan fingerprint density at radius 1 is 1.18 bits per heavy atom. The van der Waals surface area contributed by atoms with E-state index in [0.717, 1.165) is 25.7 Å². The Kier molecular flexibility index (Phi) is 8.25. The molecule has 4 amide bonds. The van der Waals surface area contributed by atoms with Gasteiger partial charge in [0.1, 0.15) is 5.75 Å². The zero-order chi connectivity index (χ0) is 20.5. The molecular weight excluding hydrogens is 360 g/mol. The zero-order valence-electron chi connectivity index (χ0n) is 16.8. The molecule has 154 valence electrons. The van der Waals surface area contributed by atoms with Gasteiger partial charge in [0.05, 0.1) is 19.7 Å². The number of hydrogen-bond donors (Lipinski definition) is 3. The van der Waals surface area contributed by atoms with Crippen LogP contribution in [0.25, 0.3) is 0 Å². The summed E-state index contributed by atoms with van der Waals surface area (Å²) in [6.07, 6.45) is 4.10. The fourth-order valence-electron chi connectivity index (χ4n) is 3.26. The third-order valence-electron chi connectivity index (χ3n) is 4.98. The van der Waals surface area contributed by atoms with Gasteiger partial charge in [0.15, 0.2) is 0 Å². The number of carbonyl (C=O) groups excluding carboxylic acids is 3. The summed E-state index contributed by atoms with van der Waals surface area (Å²) in [7, 11) is 1.58. The number of benzene rings is 1. The number of methoxy groups -OCH3 is 1. The van der Waals surface area contributed by atoms with Gasteiger partial charge in [0.2, 0.25) is 11.8 Å². The first-order chi connectivity index (χ1) is 13.4. The third-order valence-corrected chi connectivity index (χ3v) is 4.98. The van der Waals surface area contributed by atoms with Crippen molar-refractivity contribution in [3.05, 3.63) is 24.3 Å². The highest BCUT2D eigenvalue weighted by molar-refractivity contribution is 5.97. The molecule has 8 nitrogen and oxygen atoms in total. The summed E-state index contributed by atoms with van der Waals surface area (Å²) in [4.78, 5) is 38.4. The minimum absolute atomic E-state index is 0.0430. The van der Waals surface area contributed by atoms with Crippen LogP contribution in [0.4, 0.5) is 10.5 Å². The van der Waals surface area contributed by atoms with Crippen LogP contribution in [0.15, 0.2) is 24.3 Å². The first-order valence-electron chi connectivity index (χ1n) is 9.72. The van der Waals surface area contributed by atoms with Gasteiger partial charge in [-0.15, -0.1) is 0 Å². The lowest BCUT2D eigenvalue weighted by Crippen LogP contribution is -2.52. The lowest BCUT2D eigenvalue weighted by atomic mass is 10.2. The van der Waals surface area contributed by atoms with Gasteiger partial charge in [-0.05, 0) is 50.6 Å². The molecule has 2 rings (SSSR count). The molecule has 1 aliphatic carbocycles. The Labute approximate surface area is 166 Å². The molecule has 1 fully saturated rings. The van der Waals surface area contributed by atoms with Crippen LogP contribution in [0.2, 0.25) is 0 Å². The monoisotopic (exact) mass is 390 g/mol. The number of amides is 4. The number of nitrogens with zero attached hydrogens (tertiary/aromatic N) is 1. The van der Waals surface area contributed by atoms with Crippen molar-refractivity contribution in [1.29, 1.82) is 0 Å². The molecule has 3 N–H and O–H groups in total. The molecule has 1 saturated carbocycles. The van der Waals surface area contributed by atoms with Crippen LogP contribution in [0.5, 0.6) is 5.75 Å².